The molecule has 2 N–H and O–H groups in total. The first-order valence-corrected chi connectivity index (χ1v) is 9.07. The van der Waals surface area contributed by atoms with Crippen LogP contribution in [0.15, 0.2) is 48.5 Å². The number of benzene rings is 3. The van der Waals surface area contributed by atoms with Crippen LogP contribution in [0.25, 0.3) is 21.8 Å². The van der Waals surface area contributed by atoms with E-state index in [9.17, 15) is 13.6 Å². The molecule has 4 aromatic rings. The van der Waals surface area contributed by atoms with E-state index < -0.39 is 17.5 Å². The van der Waals surface area contributed by atoms with E-state index in [1.807, 2.05) is 22.8 Å². The van der Waals surface area contributed by atoms with Crippen molar-refractivity contribution in [1.29, 1.82) is 0 Å². The van der Waals surface area contributed by atoms with Gasteiger partial charge in [0.25, 0.3) is 0 Å². The standard InChI is InChI=1S/C23H19F2N2O/c1-13(2)14-9-10-15-21(11-14)27(12-17-18(24)6-4-7-19(17)25)20-8-3-5-16(22(15)20)23(26)28/h3-9,11,13H,12H2,1-2H3,(H2,26,28). The molecule has 1 amide bonds. The quantitative estimate of drug-likeness (QED) is 0.526. The van der Waals surface area contributed by atoms with Crippen LogP contribution >= 0.6 is 0 Å². The van der Waals surface area contributed by atoms with E-state index >= 15 is 0 Å². The molecule has 141 valence electrons. The van der Waals surface area contributed by atoms with Crippen molar-refractivity contribution in [2.24, 2.45) is 5.73 Å². The molecule has 3 aromatic carbocycles. The van der Waals surface area contributed by atoms with Crippen LogP contribution in [0.1, 0.15) is 41.3 Å². The van der Waals surface area contributed by atoms with E-state index in [2.05, 4.69) is 19.9 Å². The fourth-order valence-electron chi connectivity index (χ4n) is 3.62. The summed E-state index contributed by atoms with van der Waals surface area (Å²) in [5.74, 6) is -1.51. The molecule has 0 aliphatic heterocycles. The molecule has 0 spiro atoms. The molecule has 0 atom stereocenters. The molecule has 1 aromatic heterocycles. The van der Waals surface area contributed by atoms with Gasteiger partial charge in [0.2, 0.25) is 5.91 Å². The molecule has 28 heavy (non-hydrogen) atoms. The normalized spacial score (nSPS) is 11.6. The lowest BCUT2D eigenvalue weighted by molar-refractivity contribution is 0.100. The number of fused-ring (bicyclic) bond motifs is 3. The Morgan fingerprint density at radius 1 is 1.11 bits per heavy atom. The zero-order valence-electron chi connectivity index (χ0n) is 15.6. The second-order valence-electron chi connectivity index (χ2n) is 7.20. The minimum atomic E-state index is -0.606. The second-order valence-corrected chi connectivity index (χ2v) is 7.20. The van der Waals surface area contributed by atoms with Crippen LogP contribution in [0.3, 0.4) is 0 Å². The number of aromatic nitrogens is 1. The lowest BCUT2D eigenvalue weighted by atomic mass is 10.00. The maximum absolute atomic E-state index is 14.3. The fourth-order valence-corrected chi connectivity index (χ4v) is 3.62. The largest absolute Gasteiger partial charge is 0.366 e. The Labute approximate surface area is 161 Å². The number of primary amides is 1. The van der Waals surface area contributed by atoms with E-state index in [1.54, 1.807) is 12.1 Å². The Kier molecular flexibility index (Phi) is 4.38. The summed E-state index contributed by atoms with van der Waals surface area (Å²) in [6, 6.07) is 16.2. The maximum atomic E-state index is 14.3. The van der Waals surface area contributed by atoms with Crippen molar-refractivity contribution in [3.63, 3.8) is 0 Å². The Morgan fingerprint density at radius 2 is 1.79 bits per heavy atom. The predicted octanol–water partition coefficient (Wildman–Crippen LogP) is 5.14. The molecule has 1 radical (unpaired) electrons. The van der Waals surface area contributed by atoms with Crippen LogP contribution in [-0.4, -0.2) is 10.5 Å². The molecule has 1 heterocycles. The van der Waals surface area contributed by atoms with Crippen molar-refractivity contribution in [3.05, 3.63) is 82.9 Å². The van der Waals surface area contributed by atoms with Crippen molar-refractivity contribution in [1.82, 2.24) is 4.57 Å². The van der Waals surface area contributed by atoms with E-state index in [0.717, 1.165) is 11.1 Å². The van der Waals surface area contributed by atoms with E-state index in [-0.39, 0.29) is 18.0 Å². The molecule has 3 nitrogen and oxygen atoms in total. The summed E-state index contributed by atoms with van der Waals surface area (Å²) in [4.78, 5) is 12.0. The molecular weight excluding hydrogens is 358 g/mol. The average Bonchev–Trinajstić information content (AvgIpc) is 2.97. The molecule has 0 aliphatic rings. The third kappa shape index (κ3) is 2.83. The fraction of sp³-hybridized carbons (Fsp3) is 0.174. The van der Waals surface area contributed by atoms with E-state index in [1.165, 1.54) is 18.2 Å². The number of amides is 1. The van der Waals surface area contributed by atoms with Gasteiger partial charge in [0.15, 0.2) is 0 Å². The number of hydrogen-bond donors (Lipinski definition) is 1. The molecule has 0 bridgehead atoms. The van der Waals surface area contributed by atoms with Gasteiger partial charge in [-0.15, -0.1) is 0 Å². The monoisotopic (exact) mass is 377 g/mol. The Hall–Kier alpha value is -3.21. The van der Waals surface area contributed by atoms with Crippen LogP contribution < -0.4 is 5.73 Å². The number of nitrogens with zero attached hydrogens (tertiary/aromatic N) is 1. The molecule has 0 saturated heterocycles. The lowest BCUT2D eigenvalue weighted by Crippen LogP contribution is -2.11. The number of rotatable bonds is 4. The van der Waals surface area contributed by atoms with Gasteiger partial charge in [0.05, 0.1) is 17.6 Å². The van der Waals surface area contributed by atoms with Crippen molar-refractivity contribution < 1.29 is 13.6 Å². The summed E-state index contributed by atoms with van der Waals surface area (Å²) < 4.78 is 30.5. The van der Waals surface area contributed by atoms with Crippen LogP contribution in [0, 0.1) is 17.7 Å². The lowest BCUT2D eigenvalue weighted by Gasteiger charge is -2.11. The zero-order chi connectivity index (χ0) is 20.0. The van der Waals surface area contributed by atoms with Crippen molar-refractivity contribution >= 4 is 27.7 Å². The van der Waals surface area contributed by atoms with E-state index in [0.29, 0.717) is 21.9 Å². The summed E-state index contributed by atoms with van der Waals surface area (Å²) in [7, 11) is 0. The highest BCUT2D eigenvalue weighted by Gasteiger charge is 2.19. The van der Waals surface area contributed by atoms with Gasteiger partial charge in [-0.05, 0) is 47.9 Å². The molecule has 4 rings (SSSR count). The third-order valence-electron chi connectivity index (χ3n) is 5.13. The Morgan fingerprint density at radius 3 is 2.43 bits per heavy atom. The topological polar surface area (TPSA) is 48.0 Å². The van der Waals surface area contributed by atoms with E-state index in [4.69, 9.17) is 5.73 Å². The first kappa shape index (κ1) is 18.2. The van der Waals surface area contributed by atoms with Gasteiger partial charge in [0, 0.05) is 21.9 Å². The highest BCUT2D eigenvalue weighted by Crippen LogP contribution is 2.34. The molecular formula is C23H19F2N2O. The van der Waals surface area contributed by atoms with Gasteiger partial charge < -0.3 is 10.3 Å². The first-order chi connectivity index (χ1) is 13.4. The van der Waals surface area contributed by atoms with Crippen molar-refractivity contribution in [2.75, 3.05) is 0 Å². The predicted molar refractivity (Wildman–Crippen MR) is 106 cm³/mol. The van der Waals surface area contributed by atoms with Crippen molar-refractivity contribution in [2.45, 2.75) is 26.3 Å². The molecule has 0 saturated carbocycles. The van der Waals surface area contributed by atoms with Gasteiger partial charge in [-0.1, -0.05) is 32.0 Å². The summed E-state index contributed by atoms with van der Waals surface area (Å²) >= 11 is 0. The van der Waals surface area contributed by atoms with Crippen LogP contribution in [0.4, 0.5) is 8.78 Å². The minimum absolute atomic E-state index is 0.00386. The molecule has 0 unspecified atom stereocenters. The van der Waals surface area contributed by atoms with Gasteiger partial charge in [-0.25, -0.2) is 8.78 Å². The van der Waals surface area contributed by atoms with Gasteiger partial charge in [-0.3, -0.25) is 4.79 Å². The third-order valence-corrected chi connectivity index (χ3v) is 5.13. The Balaban J connectivity index is 2.08. The highest BCUT2D eigenvalue weighted by molar-refractivity contribution is 6.17. The summed E-state index contributed by atoms with van der Waals surface area (Å²) in [5, 5.41) is 1.36. The molecule has 0 aliphatic carbocycles. The molecule has 0 fully saturated rings. The number of carbonyl (C=O) groups excluding carboxylic acids is 1. The number of halogens is 2. The first-order valence-electron chi connectivity index (χ1n) is 9.07. The minimum Gasteiger partial charge on any atom is -0.366 e. The van der Waals surface area contributed by atoms with Gasteiger partial charge in [-0.2, -0.15) is 0 Å². The van der Waals surface area contributed by atoms with Crippen LogP contribution in [0.2, 0.25) is 0 Å². The molecule has 5 heteroatoms. The maximum Gasteiger partial charge on any atom is 0.249 e. The highest BCUT2D eigenvalue weighted by atomic mass is 19.1. The smallest absolute Gasteiger partial charge is 0.249 e. The van der Waals surface area contributed by atoms with Crippen LogP contribution in [0.5, 0.6) is 0 Å². The van der Waals surface area contributed by atoms with Gasteiger partial charge >= 0.3 is 0 Å². The second kappa shape index (κ2) is 6.75. The average molecular weight is 377 g/mol. The summed E-state index contributed by atoms with van der Waals surface area (Å²) in [5.41, 5.74) is 8.41. The summed E-state index contributed by atoms with van der Waals surface area (Å²) in [6.45, 7) is 4.12. The number of carbonyl (C=O) groups is 1. The zero-order valence-corrected chi connectivity index (χ0v) is 15.6. The van der Waals surface area contributed by atoms with Gasteiger partial charge in [0.1, 0.15) is 11.6 Å². The van der Waals surface area contributed by atoms with Crippen molar-refractivity contribution in [3.8, 4) is 0 Å². The summed E-state index contributed by atoms with van der Waals surface area (Å²) in [6.07, 6.45) is 0. The number of nitrogens with two attached hydrogens (primary N) is 1. The SMILES string of the molecule is CC(C)c1c[c]c2c3c(C(N)=O)cccc3n(Cc3c(F)cccc3F)c2c1. The Bertz CT molecular complexity index is 1200. The number of hydrogen-bond acceptors (Lipinski definition) is 1. The van der Waals surface area contributed by atoms with Crippen LogP contribution in [-0.2, 0) is 6.54 Å².